The van der Waals surface area contributed by atoms with Crippen molar-refractivity contribution in [2.24, 2.45) is 0 Å². The monoisotopic (exact) mass is 357 g/mol. The first-order chi connectivity index (χ1) is 11.8. The molecular weight excluding hydrogens is 342 g/mol. The van der Waals surface area contributed by atoms with Crippen molar-refractivity contribution in [3.63, 3.8) is 0 Å². The van der Waals surface area contributed by atoms with Crippen LogP contribution < -0.4 is 5.32 Å². The molecule has 9 heteroatoms. The van der Waals surface area contributed by atoms with Crippen molar-refractivity contribution in [1.29, 1.82) is 0 Å². The van der Waals surface area contributed by atoms with Crippen LogP contribution in [0.1, 0.15) is 41.5 Å². The molecule has 0 aliphatic carbocycles. The molecule has 0 amide bonds. The van der Waals surface area contributed by atoms with Gasteiger partial charge in [0.25, 0.3) is 0 Å². The molecule has 0 fully saturated rings. The Bertz CT molecular complexity index is 771. The summed E-state index contributed by atoms with van der Waals surface area (Å²) in [7, 11) is 0. The fourth-order valence-electron chi connectivity index (χ4n) is 2.79. The highest BCUT2D eigenvalue weighted by molar-refractivity contribution is 5.88. The SMILES string of the molecule is CCOC(=O)c1cc2n(n1)[C@H](C(F)(F)F)C[C@@H](c1ccc(F)cc1)N2. The summed E-state index contributed by atoms with van der Waals surface area (Å²) in [6.45, 7) is 1.69. The number of carbonyl (C=O) groups excluding carboxylic acids is 1. The molecule has 25 heavy (non-hydrogen) atoms. The van der Waals surface area contributed by atoms with E-state index in [2.05, 4.69) is 10.4 Å². The van der Waals surface area contributed by atoms with Crippen molar-refractivity contribution in [3.8, 4) is 0 Å². The largest absolute Gasteiger partial charge is 0.461 e. The third kappa shape index (κ3) is 3.45. The lowest BCUT2D eigenvalue weighted by atomic mass is 9.97. The van der Waals surface area contributed by atoms with Crippen LogP contribution >= 0.6 is 0 Å². The second kappa shape index (κ2) is 6.38. The first kappa shape index (κ1) is 17.2. The lowest BCUT2D eigenvalue weighted by molar-refractivity contribution is -0.173. The van der Waals surface area contributed by atoms with E-state index in [1.54, 1.807) is 6.92 Å². The molecule has 1 aliphatic heterocycles. The number of halogens is 4. The summed E-state index contributed by atoms with van der Waals surface area (Å²) in [6, 6.07) is 3.88. The predicted molar refractivity (Wildman–Crippen MR) is 80.7 cm³/mol. The van der Waals surface area contributed by atoms with E-state index in [1.807, 2.05) is 0 Å². The summed E-state index contributed by atoms with van der Waals surface area (Å²) >= 11 is 0. The number of anilines is 1. The van der Waals surface area contributed by atoms with Gasteiger partial charge in [-0.1, -0.05) is 12.1 Å². The van der Waals surface area contributed by atoms with E-state index in [0.717, 1.165) is 4.68 Å². The summed E-state index contributed by atoms with van der Waals surface area (Å²) in [6.07, 6.45) is -4.88. The van der Waals surface area contributed by atoms with Gasteiger partial charge in [0, 0.05) is 12.5 Å². The molecule has 0 unspecified atom stereocenters. The van der Waals surface area contributed by atoms with Crippen LogP contribution in [0.4, 0.5) is 23.4 Å². The molecule has 0 spiro atoms. The van der Waals surface area contributed by atoms with Gasteiger partial charge in [0.05, 0.1) is 12.6 Å². The average Bonchev–Trinajstić information content (AvgIpc) is 2.98. The maximum Gasteiger partial charge on any atom is 0.410 e. The maximum absolute atomic E-state index is 13.5. The van der Waals surface area contributed by atoms with Gasteiger partial charge in [-0.05, 0) is 24.6 Å². The first-order valence-electron chi connectivity index (χ1n) is 7.65. The van der Waals surface area contributed by atoms with Gasteiger partial charge in [-0.25, -0.2) is 13.9 Å². The van der Waals surface area contributed by atoms with Crippen LogP contribution in [0.3, 0.4) is 0 Å². The number of hydrogen-bond acceptors (Lipinski definition) is 4. The van der Waals surface area contributed by atoms with E-state index < -0.39 is 30.0 Å². The standard InChI is InChI=1S/C16H15F4N3O2/c1-2-25-15(24)12-8-14-21-11(9-3-5-10(17)6-4-9)7-13(16(18,19)20)23(14)22-12/h3-6,8,11,13,21H,2,7H2,1H3/t11-,13-/m0/s1. The number of esters is 1. The fraction of sp³-hybridized carbons (Fsp3) is 0.375. The van der Waals surface area contributed by atoms with Gasteiger partial charge in [-0.15, -0.1) is 0 Å². The second-order valence-electron chi connectivity index (χ2n) is 5.62. The molecule has 5 nitrogen and oxygen atoms in total. The maximum atomic E-state index is 13.5. The van der Waals surface area contributed by atoms with E-state index in [4.69, 9.17) is 4.74 Å². The Morgan fingerprint density at radius 3 is 2.64 bits per heavy atom. The van der Waals surface area contributed by atoms with Crippen molar-refractivity contribution in [1.82, 2.24) is 9.78 Å². The normalized spacial score (nSPS) is 19.9. The highest BCUT2D eigenvalue weighted by Gasteiger charge is 2.46. The van der Waals surface area contributed by atoms with Gasteiger partial charge in [0.2, 0.25) is 0 Å². The molecule has 1 aliphatic rings. The zero-order chi connectivity index (χ0) is 18.2. The number of rotatable bonds is 3. The molecule has 2 atom stereocenters. The molecule has 134 valence electrons. The number of alkyl halides is 3. The Morgan fingerprint density at radius 2 is 2.04 bits per heavy atom. The summed E-state index contributed by atoms with van der Waals surface area (Å²) in [4.78, 5) is 11.8. The van der Waals surface area contributed by atoms with E-state index in [1.165, 1.54) is 30.3 Å². The van der Waals surface area contributed by atoms with Crippen LogP contribution in [0.15, 0.2) is 30.3 Å². The van der Waals surface area contributed by atoms with E-state index >= 15 is 0 Å². The van der Waals surface area contributed by atoms with Gasteiger partial charge < -0.3 is 10.1 Å². The lowest BCUT2D eigenvalue weighted by Gasteiger charge is -2.33. The van der Waals surface area contributed by atoms with E-state index in [0.29, 0.717) is 5.56 Å². The van der Waals surface area contributed by atoms with E-state index in [-0.39, 0.29) is 24.5 Å². The summed E-state index contributed by atoms with van der Waals surface area (Å²) in [5.74, 6) is -1.20. The Balaban J connectivity index is 1.97. The average molecular weight is 357 g/mol. The molecule has 0 radical (unpaired) electrons. The number of hydrogen-bond donors (Lipinski definition) is 1. The van der Waals surface area contributed by atoms with Gasteiger partial charge in [-0.3, -0.25) is 0 Å². The molecule has 0 saturated heterocycles. The van der Waals surface area contributed by atoms with E-state index in [9.17, 15) is 22.4 Å². The number of aromatic nitrogens is 2. The minimum atomic E-state index is -4.55. The topological polar surface area (TPSA) is 56.2 Å². The Morgan fingerprint density at radius 1 is 1.36 bits per heavy atom. The highest BCUT2D eigenvalue weighted by atomic mass is 19.4. The van der Waals surface area contributed by atoms with Crippen LogP contribution in [0.25, 0.3) is 0 Å². The molecule has 1 N–H and O–H groups in total. The van der Waals surface area contributed by atoms with Crippen LogP contribution in [0, 0.1) is 5.82 Å². The smallest absolute Gasteiger partial charge is 0.410 e. The number of benzene rings is 1. The molecule has 1 aromatic heterocycles. The number of nitrogens with zero attached hydrogens (tertiary/aromatic N) is 2. The zero-order valence-corrected chi connectivity index (χ0v) is 13.2. The second-order valence-corrected chi connectivity index (χ2v) is 5.62. The predicted octanol–water partition coefficient (Wildman–Crippen LogP) is 3.86. The molecule has 0 saturated carbocycles. The third-order valence-corrected chi connectivity index (χ3v) is 3.95. The highest BCUT2D eigenvalue weighted by Crippen LogP contribution is 2.43. The number of ether oxygens (including phenoxy) is 1. The van der Waals surface area contributed by atoms with Crippen molar-refractivity contribution < 1.29 is 27.1 Å². The number of nitrogens with one attached hydrogen (secondary N) is 1. The van der Waals surface area contributed by atoms with Crippen molar-refractivity contribution in [2.75, 3.05) is 11.9 Å². The van der Waals surface area contributed by atoms with Gasteiger partial charge in [-0.2, -0.15) is 18.3 Å². The fourth-order valence-corrected chi connectivity index (χ4v) is 2.79. The summed E-state index contributed by atoms with van der Waals surface area (Å²) in [5.41, 5.74) is 0.319. The van der Waals surface area contributed by atoms with Crippen LogP contribution in [-0.2, 0) is 4.74 Å². The van der Waals surface area contributed by atoms with Crippen molar-refractivity contribution in [3.05, 3.63) is 47.4 Å². The van der Waals surface area contributed by atoms with Gasteiger partial charge in [0.1, 0.15) is 11.6 Å². The molecule has 0 bridgehead atoms. The van der Waals surface area contributed by atoms with Crippen LogP contribution in [0.5, 0.6) is 0 Å². The molecule has 2 heterocycles. The first-order valence-corrected chi connectivity index (χ1v) is 7.65. The van der Waals surface area contributed by atoms with Crippen LogP contribution in [-0.4, -0.2) is 28.5 Å². The minimum Gasteiger partial charge on any atom is -0.461 e. The Labute approximate surface area is 140 Å². The lowest BCUT2D eigenvalue weighted by Crippen LogP contribution is -2.35. The van der Waals surface area contributed by atoms with Crippen molar-refractivity contribution >= 4 is 11.8 Å². The third-order valence-electron chi connectivity index (χ3n) is 3.95. The van der Waals surface area contributed by atoms with Crippen LogP contribution in [0.2, 0.25) is 0 Å². The molecule has 1 aromatic carbocycles. The summed E-state index contributed by atoms with van der Waals surface area (Å²) in [5, 5.41) is 6.68. The summed E-state index contributed by atoms with van der Waals surface area (Å²) < 4.78 is 59.0. The molecule has 2 aromatic rings. The quantitative estimate of drug-likeness (QED) is 0.670. The molecule has 3 rings (SSSR count). The van der Waals surface area contributed by atoms with Gasteiger partial charge >= 0.3 is 12.1 Å². The number of carbonyl (C=O) groups is 1. The van der Waals surface area contributed by atoms with Crippen molar-refractivity contribution in [2.45, 2.75) is 31.6 Å². The molecular formula is C16H15F4N3O2. The zero-order valence-electron chi connectivity index (χ0n) is 13.2. The minimum absolute atomic E-state index is 0.0611. The van der Waals surface area contributed by atoms with Gasteiger partial charge in [0.15, 0.2) is 11.7 Å². The number of fused-ring (bicyclic) bond motifs is 1. The Kier molecular flexibility index (Phi) is 4.40. The Hall–Kier alpha value is -2.58.